The molecule has 7 nitrogen and oxygen atoms in total. The largest absolute Gasteiger partial charge is 0.372 e. The molecule has 2 N–H and O–H groups in total. The van der Waals surface area contributed by atoms with Gasteiger partial charge in [0.15, 0.2) is 0 Å². The maximum absolute atomic E-state index is 13.1. The lowest BCUT2D eigenvalue weighted by molar-refractivity contribution is -0.123. The van der Waals surface area contributed by atoms with Gasteiger partial charge in [0.1, 0.15) is 0 Å². The highest BCUT2D eigenvalue weighted by atomic mass is 16.5. The third-order valence-corrected chi connectivity index (χ3v) is 7.59. The first-order chi connectivity index (χ1) is 15.2. The zero-order chi connectivity index (χ0) is 21.3. The van der Waals surface area contributed by atoms with E-state index in [1.165, 1.54) is 5.56 Å². The highest BCUT2D eigenvalue weighted by molar-refractivity contribution is 5.80. The van der Waals surface area contributed by atoms with Crippen LogP contribution in [0.15, 0.2) is 23.0 Å². The molecule has 3 fully saturated rings. The second-order valence-electron chi connectivity index (χ2n) is 9.66. The molecule has 1 unspecified atom stereocenters. The highest BCUT2D eigenvalue weighted by Crippen LogP contribution is 2.28. The number of benzene rings is 1. The minimum Gasteiger partial charge on any atom is -0.372 e. The van der Waals surface area contributed by atoms with Crippen molar-refractivity contribution >= 4 is 11.0 Å². The summed E-state index contributed by atoms with van der Waals surface area (Å²) in [5.41, 5.74) is 3.70. The molecule has 0 radical (unpaired) electrons. The lowest BCUT2D eigenvalue weighted by Gasteiger charge is -2.45. The minimum absolute atomic E-state index is 0.0681. The van der Waals surface area contributed by atoms with E-state index in [9.17, 15) is 4.79 Å². The lowest BCUT2D eigenvalue weighted by atomic mass is 9.90. The second-order valence-corrected chi connectivity index (χ2v) is 9.66. The van der Waals surface area contributed by atoms with Crippen LogP contribution in [-0.4, -0.2) is 72.1 Å². The van der Waals surface area contributed by atoms with Gasteiger partial charge < -0.3 is 15.4 Å². The molecule has 3 saturated heterocycles. The van der Waals surface area contributed by atoms with Crippen molar-refractivity contribution in [3.63, 3.8) is 0 Å². The number of para-hydroxylation sites is 1. The van der Waals surface area contributed by atoms with Crippen molar-refractivity contribution in [3.05, 3.63) is 34.2 Å². The van der Waals surface area contributed by atoms with E-state index < -0.39 is 0 Å². The SMILES string of the molecule is Cn1c(=O)n(C2CCCNC2)c2cccc(CCCN3CCOC4(CCNCC4)C3)c21. The number of hydrogen-bond acceptors (Lipinski definition) is 5. The fourth-order valence-corrected chi connectivity index (χ4v) is 5.92. The van der Waals surface area contributed by atoms with Gasteiger partial charge in [-0.1, -0.05) is 12.1 Å². The second kappa shape index (κ2) is 9.06. The van der Waals surface area contributed by atoms with Crippen LogP contribution in [0.1, 0.15) is 43.7 Å². The molecule has 0 bridgehead atoms. The Morgan fingerprint density at radius 3 is 2.87 bits per heavy atom. The maximum Gasteiger partial charge on any atom is 0.329 e. The zero-order valence-corrected chi connectivity index (χ0v) is 18.9. The molecular weight excluding hydrogens is 390 g/mol. The molecule has 5 rings (SSSR count). The van der Waals surface area contributed by atoms with E-state index in [0.29, 0.717) is 0 Å². The Labute approximate surface area is 184 Å². The third-order valence-electron chi connectivity index (χ3n) is 7.59. The van der Waals surface area contributed by atoms with E-state index in [2.05, 4.69) is 33.7 Å². The predicted molar refractivity (Wildman–Crippen MR) is 124 cm³/mol. The summed E-state index contributed by atoms with van der Waals surface area (Å²) in [5.74, 6) is 0. The lowest BCUT2D eigenvalue weighted by Crippen LogP contribution is -2.56. The molecule has 3 aliphatic heterocycles. The fraction of sp³-hybridized carbons (Fsp3) is 0.708. The summed E-state index contributed by atoms with van der Waals surface area (Å²) in [4.78, 5) is 15.7. The van der Waals surface area contributed by atoms with Gasteiger partial charge >= 0.3 is 5.69 Å². The Balaban J connectivity index is 1.29. The van der Waals surface area contributed by atoms with E-state index in [1.807, 2.05) is 16.2 Å². The summed E-state index contributed by atoms with van der Waals surface area (Å²) in [5, 5.41) is 6.91. The number of aryl methyl sites for hydroxylation is 2. The van der Waals surface area contributed by atoms with Crippen molar-refractivity contribution < 1.29 is 4.74 Å². The molecular formula is C24H37N5O2. The van der Waals surface area contributed by atoms with Crippen molar-refractivity contribution in [2.75, 3.05) is 52.4 Å². The van der Waals surface area contributed by atoms with Gasteiger partial charge in [-0.25, -0.2) is 4.79 Å². The third kappa shape index (κ3) is 4.21. The van der Waals surface area contributed by atoms with Gasteiger partial charge in [-0.3, -0.25) is 14.0 Å². The van der Waals surface area contributed by atoms with E-state index in [1.54, 1.807) is 0 Å². The van der Waals surface area contributed by atoms with Crippen molar-refractivity contribution in [3.8, 4) is 0 Å². The van der Waals surface area contributed by atoms with Crippen LogP contribution in [0.5, 0.6) is 0 Å². The van der Waals surface area contributed by atoms with Crippen LogP contribution in [0.2, 0.25) is 0 Å². The first kappa shape index (κ1) is 21.2. The highest BCUT2D eigenvalue weighted by Gasteiger charge is 2.37. The summed E-state index contributed by atoms with van der Waals surface area (Å²) in [6.45, 7) is 8.11. The average molecular weight is 428 g/mol. The Bertz CT molecular complexity index is 947. The summed E-state index contributed by atoms with van der Waals surface area (Å²) < 4.78 is 10.1. The monoisotopic (exact) mass is 427 g/mol. The number of imidazole rings is 1. The summed E-state index contributed by atoms with van der Waals surface area (Å²) in [7, 11) is 1.93. The molecule has 0 amide bonds. The molecule has 31 heavy (non-hydrogen) atoms. The first-order valence-corrected chi connectivity index (χ1v) is 12.1. The van der Waals surface area contributed by atoms with Crippen LogP contribution in [-0.2, 0) is 18.2 Å². The van der Waals surface area contributed by atoms with Crippen molar-refractivity contribution in [2.45, 2.75) is 50.2 Å². The molecule has 7 heteroatoms. The van der Waals surface area contributed by atoms with Crippen LogP contribution in [0, 0.1) is 0 Å². The maximum atomic E-state index is 13.1. The summed E-state index contributed by atoms with van der Waals surface area (Å²) in [6.07, 6.45) is 6.55. The molecule has 1 atom stereocenters. The van der Waals surface area contributed by atoms with Gasteiger partial charge in [-0.05, 0) is 76.3 Å². The Kier molecular flexibility index (Phi) is 6.19. The van der Waals surface area contributed by atoms with Crippen LogP contribution in [0.4, 0.5) is 0 Å². The smallest absolute Gasteiger partial charge is 0.329 e. The molecule has 1 aromatic heterocycles. The molecule has 3 aliphatic rings. The van der Waals surface area contributed by atoms with E-state index >= 15 is 0 Å². The molecule has 0 saturated carbocycles. The zero-order valence-electron chi connectivity index (χ0n) is 18.9. The minimum atomic E-state index is 0.0681. The quantitative estimate of drug-likeness (QED) is 0.760. The summed E-state index contributed by atoms with van der Waals surface area (Å²) >= 11 is 0. The number of nitrogens with zero attached hydrogens (tertiary/aromatic N) is 3. The number of nitrogens with one attached hydrogen (secondary N) is 2. The van der Waals surface area contributed by atoms with Crippen LogP contribution in [0.25, 0.3) is 11.0 Å². The molecule has 1 spiro atoms. The van der Waals surface area contributed by atoms with Crippen LogP contribution >= 0.6 is 0 Å². The Morgan fingerprint density at radius 2 is 2.06 bits per heavy atom. The van der Waals surface area contributed by atoms with E-state index in [4.69, 9.17) is 4.74 Å². The standard InChI is InChI=1S/C24H37N5O2/c1-27-22-19(5-2-8-21(22)29(23(27)30)20-7-3-11-26-17-20)6-4-14-28-15-16-31-24(18-28)9-12-25-13-10-24/h2,5,8,20,25-26H,3-4,6-7,9-18H2,1H3. The molecule has 1 aromatic carbocycles. The molecule has 4 heterocycles. The number of piperidine rings is 2. The number of hydrogen-bond donors (Lipinski definition) is 2. The number of ether oxygens (including phenoxy) is 1. The van der Waals surface area contributed by atoms with E-state index in [0.717, 1.165) is 102 Å². The average Bonchev–Trinajstić information content (AvgIpc) is 3.06. The van der Waals surface area contributed by atoms with Crippen LogP contribution < -0.4 is 16.3 Å². The molecule has 170 valence electrons. The normalized spacial score (nSPS) is 24.7. The molecule has 0 aliphatic carbocycles. The number of rotatable bonds is 5. The van der Waals surface area contributed by atoms with Gasteiger partial charge in [0.05, 0.1) is 29.3 Å². The fourth-order valence-electron chi connectivity index (χ4n) is 5.92. The van der Waals surface area contributed by atoms with Gasteiger partial charge in [0, 0.05) is 26.7 Å². The Hall–Kier alpha value is -1.67. The number of fused-ring (bicyclic) bond motifs is 1. The number of aromatic nitrogens is 2. The van der Waals surface area contributed by atoms with Crippen LogP contribution in [0.3, 0.4) is 0 Å². The molecule has 2 aromatic rings. The van der Waals surface area contributed by atoms with Crippen molar-refractivity contribution in [1.29, 1.82) is 0 Å². The first-order valence-electron chi connectivity index (χ1n) is 12.1. The van der Waals surface area contributed by atoms with Crippen molar-refractivity contribution in [2.24, 2.45) is 7.05 Å². The predicted octanol–water partition coefficient (Wildman–Crippen LogP) is 1.65. The van der Waals surface area contributed by atoms with Crippen molar-refractivity contribution in [1.82, 2.24) is 24.7 Å². The van der Waals surface area contributed by atoms with Gasteiger partial charge in [0.2, 0.25) is 0 Å². The van der Waals surface area contributed by atoms with E-state index in [-0.39, 0.29) is 17.3 Å². The Morgan fingerprint density at radius 1 is 1.19 bits per heavy atom. The van der Waals surface area contributed by atoms with Gasteiger partial charge in [-0.15, -0.1) is 0 Å². The van der Waals surface area contributed by atoms with Gasteiger partial charge in [-0.2, -0.15) is 0 Å². The van der Waals surface area contributed by atoms with Gasteiger partial charge in [0.25, 0.3) is 0 Å². The summed E-state index contributed by atoms with van der Waals surface area (Å²) in [6, 6.07) is 6.72. The number of morpholine rings is 1. The topological polar surface area (TPSA) is 63.5 Å².